The number of benzene rings is 2. The predicted molar refractivity (Wildman–Crippen MR) is 102 cm³/mol. The second-order valence-electron chi connectivity index (χ2n) is 6.15. The van der Waals surface area contributed by atoms with E-state index in [2.05, 4.69) is 10.0 Å². The molecule has 0 fully saturated rings. The fourth-order valence-electron chi connectivity index (χ4n) is 2.86. The van der Waals surface area contributed by atoms with E-state index in [0.717, 1.165) is 5.56 Å². The van der Waals surface area contributed by atoms with Gasteiger partial charge in [-0.1, -0.05) is 17.7 Å². The van der Waals surface area contributed by atoms with Gasteiger partial charge in [0.05, 0.1) is 12.0 Å². The summed E-state index contributed by atoms with van der Waals surface area (Å²) in [7, 11) is -2.10. The van der Waals surface area contributed by atoms with Crippen molar-refractivity contribution >= 4 is 21.6 Å². The molecule has 7 heteroatoms. The lowest BCUT2D eigenvalue weighted by atomic mass is 10.1. The highest BCUT2D eigenvalue weighted by molar-refractivity contribution is 7.89. The van der Waals surface area contributed by atoms with Crippen LogP contribution in [-0.2, 0) is 14.8 Å². The quantitative estimate of drug-likeness (QED) is 0.778. The van der Waals surface area contributed by atoms with Gasteiger partial charge >= 0.3 is 0 Å². The average molecular weight is 376 g/mol. The molecule has 2 aromatic rings. The van der Waals surface area contributed by atoms with Crippen molar-refractivity contribution < 1.29 is 17.9 Å². The van der Waals surface area contributed by atoms with E-state index in [9.17, 15) is 13.2 Å². The Balaban J connectivity index is 1.94. The smallest absolute Gasteiger partial charge is 0.241 e. The third kappa shape index (κ3) is 5.06. The minimum atomic E-state index is -3.66. The van der Waals surface area contributed by atoms with E-state index in [0.29, 0.717) is 22.6 Å². The summed E-state index contributed by atoms with van der Waals surface area (Å²) >= 11 is 0. The highest BCUT2D eigenvalue weighted by atomic mass is 32.2. The maximum atomic E-state index is 12.5. The summed E-state index contributed by atoms with van der Waals surface area (Å²) in [5.74, 6) is 0.426. The zero-order valence-electron chi connectivity index (χ0n) is 15.4. The first-order valence-electron chi connectivity index (χ1n) is 8.24. The number of hydrogen-bond acceptors (Lipinski definition) is 4. The summed E-state index contributed by atoms with van der Waals surface area (Å²) in [5.41, 5.74) is 3.03. The van der Waals surface area contributed by atoms with Crippen LogP contribution in [0.1, 0.15) is 23.1 Å². The van der Waals surface area contributed by atoms with Gasteiger partial charge in [0, 0.05) is 18.7 Å². The monoisotopic (exact) mass is 376 g/mol. The summed E-state index contributed by atoms with van der Waals surface area (Å²) in [6.45, 7) is 5.49. The third-order valence-corrected chi connectivity index (χ3v) is 5.66. The molecule has 140 valence electrons. The number of amides is 1. The van der Waals surface area contributed by atoms with Crippen molar-refractivity contribution in [3.05, 3.63) is 53.1 Å². The maximum Gasteiger partial charge on any atom is 0.241 e. The first-order chi connectivity index (χ1) is 12.2. The molecule has 0 bridgehead atoms. The zero-order chi connectivity index (χ0) is 19.3. The molecule has 2 rings (SSSR count). The van der Waals surface area contributed by atoms with Gasteiger partial charge in [-0.25, -0.2) is 13.1 Å². The Kier molecular flexibility index (Phi) is 6.39. The molecule has 0 aliphatic carbocycles. The Morgan fingerprint density at radius 2 is 1.62 bits per heavy atom. The lowest BCUT2D eigenvalue weighted by molar-refractivity contribution is -0.116. The van der Waals surface area contributed by atoms with Crippen LogP contribution in [0.2, 0.25) is 0 Å². The highest BCUT2D eigenvalue weighted by Crippen LogP contribution is 2.21. The molecule has 2 aromatic carbocycles. The molecule has 0 aliphatic rings. The van der Waals surface area contributed by atoms with Gasteiger partial charge in [0.1, 0.15) is 5.75 Å². The summed E-state index contributed by atoms with van der Waals surface area (Å²) in [4.78, 5) is 12.3. The number of anilines is 1. The van der Waals surface area contributed by atoms with E-state index in [-0.39, 0.29) is 23.8 Å². The minimum Gasteiger partial charge on any atom is -0.497 e. The van der Waals surface area contributed by atoms with E-state index >= 15 is 0 Å². The van der Waals surface area contributed by atoms with Crippen LogP contribution >= 0.6 is 0 Å². The summed E-state index contributed by atoms with van der Waals surface area (Å²) in [6.07, 6.45) is 0.0369. The largest absolute Gasteiger partial charge is 0.497 e. The molecule has 0 radical (unpaired) electrons. The first-order valence-corrected chi connectivity index (χ1v) is 9.72. The molecule has 0 saturated heterocycles. The van der Waals surface area contributed by atoms with Gasteiger partial charge in [-0.05, 0) is 56.2 Å². The number of aryl methyl sites for hydroxylation is 3. The Morgan fingerprint density at radius 3 is 2.15 bits per heavy atom. The average Bonchev–Trinajstić information content (AvgIpc) is 2.54. The van der Waals surface area contributed by atoms with Crippen LogP contribution in [0.3, 0.4) is 0 Å². The van der Waals surface area contributed by atoms with Gasteiger partial charge in [-0.3, -0.25) is 4.79 Å². The van der Waals surface area contributed by atoms with E-state index < -0.39 is 10.0 Å². The first kappa shape index (κ1) is 19.9. The minimum absolute atomic E-state index is 0.0249. The molecule has 0 aliphatic heterocycles. The normalized spacial score (nSPS) is 11.2. The van der Waals surface area contributed by atoms with Crippen molar-refractivity contribution in [1.29, 1.82) is 0 Å². The fourth-order valence-corrected chi connectivity index (χ4v) is 4.34. The van der Waals surface area contributed by atoms with Gasteiger partial charge in [-0.2, -0.15) is 0 Å². The molecule has 0 atom stereocenters. The zero-order valence-corrected chi connectivity index (χ0v) is 16.2. The number of methoxy groups -OCH3 is 1. The van der Waals surface area contributed by atoms with E-state index in [1.807, 2.05) is 19.1 Å². The van der Waals surface area contributed by atoms with E-state index in [1.54, 1.807) is 45.2 Å². The van der Waals surface area contributed by atoms with Crippen LogP contribution in [0, 0.1) is 20.8 Å². The van der Waals surface area contributed by atoms with Crippen LogP contribution in [0.5, 0.6) is 5.75 Å². The Labute approximate surface area is 154 Å². The van der Waals surface area contributed by atoms with Crippen molar-refractivity contribution in [3.63, 3.8) is 0 Å². The number of ether oxygens (including phenoxy) is 1. The van der Waals surface area contributed by atoms with Crippen molar-refractivity contribution in [2.45, 2.75) is 32.1 Å². The molecular formula is C19H24N2O4S. The van der Waals surface area contributed by atoms with E-state index in [4.69, 9.17) is 4.74 Å². The van der Waals surface area contributed by atoms with Crippen molar-refractivity contribution in [2.75, 3.05) is 19.0 Å². The highest BCUT2D eigenvalue weighted by Gasteiger charge is 2.19. The van der Waals surface area contributed by atoms with Crippen LogP contribution < -0.4 is 14.8 Å². The number of carbonyl (C=O) groups excluding carboxylic acids is 1. The summed E-state index contributed by atoms with van der Waals surface area (Å²) < 4.78 is 32.6. The number of hydrogen-bond donors (Lipinski definition) is 2. The lowest BCUT2D eigenvalue weighted by Crippen LogP contribution is -2.29. The third-order valence-electron chi connectivity index (χ3n) is 3.89. The molecule has 26 heavy (non-hydrogen) atoms. The lowest BCUT2D eigenvalue weighted by Gasteiger charge is -2.13. The Morgan fingerprint density at radius 1 is 1.04 bits per heavy atom. The van der Waals surface area contributed by atoms with E-state index in [1.165, 1.54) is 0 Å². The topological polar surface area (TPSA) is 84.5 Å². The van der Waals surface area contributed by atoms with Gasteiger partial charge in [0.15, 0.2) is 0 Å². The molecular weight excluding hydrogens is 352 g/mol. The number of sulfonamides is 1. The SMILES string of the molecule is COc1ccc(NC(=O)CCNS(=O)(=O)c2c(C)cc(C)cc2C)cc1. The standard InChI is InChI=1S/C19H24N2O4S/c1-13-11-14(2)19(15(3)12-13)26(23,24)20-10-9-18(22)21-16-5-7-17(25-4)8-6-16/h5-8,11-12,20H,9-10H2,1-4H3,(H,21,22). The molecule has 1 amide bonds. The molecule has 0 saturated carbocycles. The molecule has 0 aromatic heterocycles. The molecule has 2 N–H and O–H groups in total. The second kappa shape index (κ2) is 8.33. The fraction of sp³-hybridized carbons (Fsp3) is 0.316. The number of rotatable bonds is 7. The maximum absolute atomic E-state index is 12.5. The number of nitrogens with one attached hydrogen (secondary N) is 2. The van der Waals surface area contributed by atoms with Gasteiger partial charge in [0.25, 0.3) is 0 Å². The van der Waals surface area contributed by atoms with Gasteiger partial charge in [-0.15, -0.1) is 0 Å². The molecule has 0 heterocycles. The van der Waals surface area contributed by atoms with Crippen LogP contribution in [0.25, 0.3) is 0 Å². The van der Waals surface area contributed by atoms with Gasteiger partial charge < -0.3 is 10.1 Å². The predicted octanol–water partition coefficient (Wildman–Crippen LogP) is 2.93. The van der Waals surface area contributed by atoms with Crippen molar-refractivity contribution in [2.24, 2.45) is 0 Å². The molecule has 6 nitrogen and oxygen atoms in total. The molecule has 0 unspecified atom stereocenters. The second-order valence-corrected chi connectivity index (χ2v) is 7.86. The Hall–Kier alpha value is -2.38. The van der Waals surface area contributed by atoms with Crippen LogP contribution in [0.15, 0.2) is 41.3 Å². The summed E-state index contributed by atoms with van der Waals surface area (Å²) in [6, 6.07) is 10.6. The van der Waals surface area contributed by atoms with Crippen LogP contribution in [-0.4, -0.2) is 28.0 Å². The number of carbonyl (C=O) groups is 1. The van der Waals surface area contributed by atoms with Gasteiger partial charge in [0.2, 0.25) is 15.9 Å². The van der Waals surface area contributed by atoms with Crippen molar-refractivity contribution in [3.8, 4) is 5.75 Å². The van der Waals surface area contributed by atoms with Crippen LogP contribution in [0.4, 0.5) is 5.69 Å². The molecule has 0 spiro atoms. The Bertz CT molecular complexity index is 867. The van der Waals surface area contributed by atoms with Crippen molar-refractivity contribution in [1.82, 2.24) is 4.72 Å². The summed E-state index contributed by atoms with van der Waals surface area (Å²) in [5, 5.41) is 2.72.